The maximum atomic E-state index is 10.9. The van der Waals surface area contributed by atoms with Gasteiger partial charge in [-0.2, -0.15) is 0 Å². The molecule has 1 heterocycles. The molecular weight excluding hydrogens is 158 g/mol. The highest BCUT2D eigenvalue weighted by molar-refractivity contribution is 5.94. The fourth-order valence-corrected chi connectivity index (χ4v) is 1.16. The number of hydrogen-bond donors (Lipinski definition) is 1. The van der Waals surface area contributed by atoms with Crippen LogP contribution in [0, 0.1) is 0 Å². The Balaban J connectivity index is 2.20. The van der Waals surface area contributed by atoms with Crippen LogP contribution in [-0.4, -0.2) is 30.9 Å². The van der Waals surface area contributed by atoms with Gasteiger partial charge >= 0.3 is 5.97 Å². The fourth-order valence-electron chi connectivity index (χ4n) is 1.16. The number of ether oxygens (including phenoxy) is 1. The minimum atomic E-state index is -0.406. The van der Waals surface area contributed by atoms with Crippen LogP contribution in [0.1, 0.15) is 19.8 Å². The SMILES string of the molecule is CC(=O)CC(=O)O[C@H]1CCNC1. The van der Waals surface area contributed by atoms with Crippen LogP contribution in [0.3, 0.4) is 0 Å². The fraction of sp³-hybridized carbons (Fsp3) is 0.750. The van der Waals surface area contributed by atoms with Crippen molar-refractivity contribution in [3.63, 3.8) is 0 Å². The lowest BCUT2D eigenvalue weighted by Crippen LogP contribution is -2.21. The van der Waals surface area contributed by atoms with Crippen molar-refractivity contribution in [3.8, 4) is 0 Å². The molecule has 1 aliphatic heterocycles. The van der Waals surface area contributed by atoms with Gasteiger partial charge < -0.3 is 10.1 Å². The molecule has 1 saturated heterocycles. The molecule has 0 unspecified atom stereocenters. The van der Waals surface area contributed by atoms with Gasteiger partial charge in [0, 0.05) is 6.54 Å². The third-order valence-corrected chi connectivity index (χ3v) is 1.71. The molecule has 1 aliphatic rings. The molecule has 0 aliphatic carbocycles. The van der Waals surface area contributed by atoms with E-state index in [1.54, 1.807) is 0 Å². The molecule has 68 valence electrons. The number of hydrogen-bond acceptors (Lipinski definition) is 4. The highest BCUT2D eigenvalue weighted by Crippen LogP contribution is 2.04. The van der Waals surface area contributed by atoms with E-state index in [0.29, 0.717) is 6.54 Å². The van der Waals surface area contributed by atoms with E-state index < -0.39 is 5.97 Å². The molecule has 1 rings (SSSR count). The monoisotopic (exact) mass is 171 g/mol. The highest BCUT2D eigenvalue weighted by Gasteiger charge is 2.19. The molecule has 0 saturated carbocycles. The van der Waals surface area contributed by atoms with Crippen LogP contribution in [0.2, 0.25) is 0 Å². The van der Waals surface area contributed by atoms with Crippen molar-refractivity contribution in [3.05, 3.63) is 0 Å². The van der Waals surface area contributed by atoms with Crippen molar-refractivity contribution < 1.29 is 14.3 Å². The first-order valence-corrected chi connectivity index (χ1v) is 4.08. The predicted octanol–water partition coefficient (Wildman–Crippen LogP) is -0.129. The molecule has 1 N–H and O–H groups in total. The summed E-state index contributed by atoms with van der Waals surface area (Å²) in [6, 6.07) is 0. The van der Waals surface area contributed by atoms with Crippen LogP contribution in [0.15, 0.2) is 0 Å². The molecule has 4 nitrogen and oxygen atoms in total. The summed E-state index contributed by atoms with van der Waals surface area (Å²) in [6.07, 6.45) is 0.719. The molecule has 0 amide bonds. The first-order valence-electron chi connectivity index (χ1n) is 4.08. The zero-order valence-corrected chi connectivity index (χ0v) is 7.13. The summed E-state index contributed by atoms with van der Waals surface area (Å²) < 4.78 is 5.00. The number of carbonyl (C=O) groups excluding carboxylic acids is 2. The largest absolute Gasteiger partial charge is 0.461 e. The van der Waals surface area contributed by atoms with Gasteiger partial charge in [0.2, 0.25) is 0 Å². The summed E-state index contributed by atoms with van der Waals surface area (Å²) in [5.41, 5.74) is 0. The van der Waals surface area contributed by atoms with Gasteiger partial charge in [-0.25, -0.2) is 0 Å². The summed E-state index contributed by atoms with van der Waals surface area (Å²) in [5, 5.41) is 3.07. The van der Waals surface area contributed by atoms with Crippen LogP contribution in [0.4, 0.5) is 0 Å². The Morgan fingerprint density at radius 2 is 2.33 bits per heavy atom. The molecule has 0 aromatic heterocycles. The molecular formula is C8H13NO3. The topological polar surface area (TPSA) is 55.4 Å². The average molecular weight is 171 g/mol. The molecule has 0 aromatic carbocycles. The van der Waals surface area contributed by atoms with Gasteiger partial charge in [-0.3, -0.25) is 9.59 Å². The number of carbonyl (C=O) groups is 2. The minimum Gasteiger partial charge on any atom is -0.461 e. The Morgan fingerprint density at radius 3 is 2.83 bits per heavy atom. The van der Waals surface area contributed by atoms with Crippen molar-refractivity contribution >= 4 is 11.8 Å². The van der Waals surface area contributed by atoms with Crippen LogP contribution >= 0.6 is 0 Å². The van der Waals surface area contributed by atoms with E-state index in [-0.39, 0.29) is 18.3 Å². The molecule has 1 fully saturated rings. The first kappa shape index (κ1) is 9.19. The Hall–Kier alpha value is -0.900. The zero-order valence-electron chi connectivity index (χ0n) is 7.13. The van der Waals surface area contributed by atoms with Crippen LogP contribution < -0.4 is 5.32 Å². The minimum absolute atomic E-state index is 0.0307. The van der Waals surface area contributed by atoms with Crippen molar-refractivity contribution in [2.24, 2.45) is 0 Å². The zero-order chi connectivity index (χ0) is 8.97. The van der Waals surface area contributed by atoms with Gasteiger partial charge in [0.1, 0.15) is 18.3 Å². The summed E-state index contributed by atoms with van der Waals surface area (Å²) in [7, 11) is 0. The molecule has 0 radical (unpaired) electrons. The number of nitrogens with one attached hydrogen (secondary N) is 1. The van der Waals surface area contributed by atoms with Gasteiger partial charge in [-0.1, -0.05) is 0 Å². The first-order chi connectivity index (χ1) is 5.68. The Morgan fingerprint density at radius 1 is 1.58 bits per heavy atom. The summed E-state index contributed by atoms with van der Waals surface area (Å²) in [4.78, 5) is 21.5. The van der Waals surface area contributed by atoms with Gasteiger partial charge in [0.25, 0.3) is 0 Å². The average Bonchev–Trinajstić information content (AvgIpc) is 2.37. The van der Waals surface area contributed by atoms with E-state index in [4.69, 9.17) is 4.74 Å². The Labute approximate surface area is 71.3 Å². The van der Waals surface area contributed by atoms with E-state index in [1.807, 2.05) is 0 Å². The second kappa shape index (κ2) is 4.21. The number of rotatable bonds is 3. The number of esters is 1. The van der Waals surface area contributed by atoms with Gasteiger partial charge in [0.05, 0.1) is 0 Å². The Bertz CT molecular complexity index is 185. The quantitative estimate of drug-likeness (QED) is 0.474. The lowest BCUT2D eigenvalue weighted by Gasteiger charge is -2.08. The summed E-state index contributed by atoms with van der Waals surface area (Å²) >= 11 is 0. The van der Waals surface area contributed by atoms with Gasteiger partial charge in [-0.05, 0) is 19.9 Å². The normalized spacial score (nSPS) is 22.2. The second-order valence-corrected chi connectivity index (χ2v) is 2.98. The van der Waals surface area contributed by atoms with E-state index in [2.05, 4.69) is 5.32 Å². The number of ketones is 1. The van der Waals surface area contributed by atoms with Crippen molar-refractivity contribution in [2.45, 2.75) is 25.9 Å². The number of Topliss-reactive ketones (excluding diaryl/α,β-unsaturated/α-hetero) is 1. The van der Waals surface area contributed by atoms with E-state index >= 15 is 0 Å². The maximum absolute atomic E-state index is 10.9. The Kier molecular flexibility index (Phi) is 3.22. The smallest absolute Gasteiger partial charge is 0.313 e. The standard InChI is InChI=1S/C8H13NO3/c1-6(10)4-8(11)12-7-2-3-9-5-7/h7,9H,2-5H2,1H3/t7-/m0/s1. The van der Waals surface area contributed by atoms with E-state index in [9.17, 15) is 9.59 Å². The van der Waals surface area contributed by atoms with Crippen LogP contribution in [0.5, 0.6) is 0 Å². The van der Waals surface area contributed by atoms with Crippen molar-refractivity contribution in [1.82, 2.24) is 5.32 Å². The van der Waals surface area contributed by atoms with Gasteiger partial charge in [-0.15, -0.1) is 0 Å². The molecule has 1 atom stereocenters. The lowest BCUT2D eigenvalue weighted by molar-refractivity contribution is -0.149. The van der Waals surface area contributed by atoms with Crippen molar-refractivity contribution in [2.75, 3.05) is 13.1 Å². The molecule has 12 heavy (non-hydrogen) atoms. The molecule has 0 spiro atoms. The predicted molar refractivity (Wildman–Crippen MR) is 42.7 cm³/mol. The third-order valence-electron chi connectivity index (χ3n) is 1.71. The summed E-state index contributed by atoms with van der Waals surface area (Å²) in [6.45, 7) is 2.98. The highest BCUT2D eigenvalue weighted by atomic mass is 16.5. The molecule has 4 heteroatoms. The van der Waals surface area contributed by atoms with Gasteiger partial charge in [0.15, 0.2) is 0 Å². The molecule has 0 aromatic rings. The third kappa shape index (κ3) is 3.00. The van der Waals surface area contributed by atoms with Crippen molar-refractivity contribution in [1.29, 1.82) is 0 Å². The summed E-state index contributed by atoms with van der Waals surface area (Å²) in [5.74, 6) is -0.554. The van der Waals surface area contributed by atoms with E-state index in [0.717, 1.165) is 13.0 Å². The maximum Gasteiger partial charge on any atom is 0.313 e. The lowest BCUT2D eigenvalue weighted by atomic mass is 10.3. The second-order valence-electron chi connectivity index (χ2n) is 2.98. The molecule has 0 bridgehead atoms. The van der Waals surface area contributed by atoms with Crippen LogP contribution in [-0.2, 0) is 14.3 Å². The van der Waals surface area contributed by atoms with E-state index in [1.165, 1.54) is 6.92 Å². The van der Waals surface area contributed by atoms with Crippen LogP contribution in [0.25, 0.3) is 0 Å².